The average molecular weight is 530 g/mol. The lowest BCUT2D eigenvalue weighted by Gasteiger charge is -2.24. The normalized spacial score (nSPS) is 13.5. The minimum Gasteiger partial charge on any atom is -0.444 e. The molecule has 7 nitrogen and oxygen atoms in total. The smallest absolute Gasteiger partial charge is 0.410 e. The topological polar surface area (TPSA) is 86.3 Å². The first-order valence-electron chi connectivity index (χ1n) is 13.3. The van der Waals surface area contributed by atoms with E-state index >= 15 is 0 Å². The molecule has 0 radical (unpaired) electrons. The maximum absolute atomic E-state index is 12.5. The Morgan fingerprint density at radius 1 is 0.925 bits per heavy atom. The van der Waals surface area contributed by atoms with E-state index in [0.717, 1.165) is 50.4 Å². The molecule has 1 aliphatic heterocycles. The zero-order valence-electron chi connectivity index (χ0n) is 22.8. The van der Waals surface area contributed by atoms with Gasteiger partial charge < -0.3 is 15.4 Å². The number of hydrogen-bond acceptors (Lipinski definition) is 5. The van der Waals surface area contributed by atoms with Crippen LogP contribution < -0.4 is 5.73 Å². The first-order valence-corrected chi connectivity index (χ1v) is 13.3. The van der Waals surface area contributed by atoms with Crippen LogP contribution in [0.1, 0.15) is 26.3 Å². The van der Waals surface area contributed by atoms with Crippen LogP contribution in [-0.4, -0.2) is 44.2 Å². The van der Waals surface area contributed by atoms with Gasteiger partial charge in [0.25, 0.3) is 0 Å². The number of pyridine rings is 2. The van der Waals surface area contributed by atoms with E-state index in [1.54, 1.807) is 11.1 Å². The Bertz CT molecular complexity index is 1730. The molecule has 2 N–H and O–H groups in total. The summed E-state index contributed by atoms with van der Waals surface area (Å²) in [6.07, 6.45) is 3.48. The third kappa shape index (κ3) is 4.94. The molecule has 0 saturated heterocycles. The van der Waals surface area contributed by atoms with E-state index in [9.17, 15) is 4.79 Å². The summed E-state index contributed by atoms with van der Waals surface area (Å²) < 4.78 is 7.68. The lowest BCUT2D eigenvalue weighted by atomic mass is 10.1. The lowest BCUT2D eigenvalue weighted by Crippen LogP contribution is -2.35. The standard InChI is InChI=1S/C33H31N5O2/c1-33(2,3)40-32(39)37-19-17-25(21-37)22-11-14-26(15-12-22)38-29(27-10-7-18-35-30(27)34)20-24-13-16-28(36-31(24)38)23-8-5-4-6-9-23/h4-18,20H,19,21H2,1-3H3,(H2,34,35). The summed E-state index contributed by atoms with van der Waals surface area (Å²) >= 11 is 0. The summed E-state index contributed by atoms with van der Waals surface area (Å²) in [4.78, 5) is 23.7. The van der Waals surface area contributed by atoms with Crippen LogP contribution in [0.4, 0.5) is 10.6 Å². The summed E-state index contributed by atoms with van der Waals surface area (Å²) in [5, 5.41) is 1.01. The van der Waals surface area contributed by atoms with Gasteiger partial charge in [-0.25, -0.2) is 14.8 Å². The summed E-state index contributed by atoms with van der Waals surface area (Å²) in [5.74, 6) is 0.463. The molecule has 1 amide bonds. The number of benzene rings is 2. The van der Waals surface area contributed by atoms with Gasteiger partial charge in [-0.3, -0.25) is 4.57 Å². The van der Waals surface area contributed by atoms with Gasteiger partial charge in [0.05, 0.1) is 11.4 Å². The number of nitrogens with two attached hydrogens (primary N) is 1. The van der Waals surface area contributed by atoms with Crippen LogP contribution in [0.25, 0.3) is 44.8 Å². The number of carbonyl (C=O) groups excluding carboxylic acids is 1. The van der Waals surface area contributed by atoms with Gasteiger partial charge in [0.1, 0.15) is 17.1 Å². The molecule has 40 heavy (non-hydrogen) atoms. The van der Waals surface area contributed by atoms with Gasteiger partial charge >= 0.3 is 6.09 Å². The van der Waals surface area contributed by atoms with Gasteiger partial charge in [0, 0.05) is 41.5 Å². The summed E-state index contributed by atoms with van der Waals surface area (Å²) in [6.45, 7) is 6.68. The molecule has 1 aliphatic rings. The van der Waals surface area contributed by atoms with Crippen molar-refractivity contribution in [2.75, 3.05) is 18.8 Å². The molecule has 3 aromatic heterocycles. The Hall–Kier alpha value is -4.91. The highest BCUT2D eigenvalue weighted by molar-refractivity contribution is 5.90. The Kier molecular flexibility index (Phi) is 6.34. The fourth-order valence-corrected chi connectivity index (χ4v) is 4.99. The Morgan fingerprint density at radius 3 is 2.42 bits per heavy atom. The SMILES string of the molecule is CC(C)(C)OC(=O)N1CC=C(c2ccc(-n3c(-c4cccnc4N)cc4ccc(-c5ccccc5)nc43)cc2)C1. The maximum atomic E-state index is 12.5. The van der Waals surface area contributed by atoms with E-state index in [1.165, 1.54) is 0 Å². The van der Waals surface area contributed by atoms with Crippen molar-refractivity contribution in [2.24, 2.45) is 0 Å². The predicted molar refractivity (Wildman–Crippen MR) is 160 cm³/mol. The molecule has 200 valence electrons. The zero-order valence-corrected chi connectivity index (χ0v) is 22.8. The number of fused-ring (bicyclic) bond motifs is 1. The molecule has 5 aromatic rings. The molecule has 0 unspecified atom stereocenters. The van der Waals surface area contributed by atoms with Gasteiger partial charge in [-0.05, 0) is 74.4 Å². The first kappa shape index (κ1) is 25.4. The molecule has 4 heterocycles. The summed E-state index contributed by atoms with van der Waals surface area (Å²) in [5.41, 5.74) is 13.5. The average Bonchev–Trinajstić information content (AvgIpc) is 3.58. The number of nitrogen functional groups attached to an aromatic ring is 1. The van der Waals surface area contributed by atoms with Crippen molar-refractivity contribution < 1.29 is 9.53 Å². The monoisotopic (exact) mass is 529 g/mol. The molecule has 0 aliphatic carbocycles. The number of ether oxygens (including phenoxy) is 1. The molecule has 0 saturated carbocycles. The minimum atomic E-state index is -0.523. The van der Waals surface area contributed by atoms with E-state index < -0.39 is 5.60 Å². The number of anilines is 1. The molecule has 0 bridgehead atoms. The molecule has 2 aromatic carbocycles. The predicted octanol–water partition coefficient (Wildman–Crippen LogP) is 6.97. The number of hydrogen-bond donors (Lipinski definition) is 1. The fourth-order valence-electron chi connectivity index (χ4n) is 4.99. The summed E-state index contributed by atoms with van der Waals surface area (Å²) in [6, 6.07) is 28.6. The van der Waals surface area contributed by atoms with Crippen molar-refractivity contribution in [2.45, 2.75) is 26.4 Å². The van der Waals surface area contributed by atoms with Crippen molar-refractivity contribution in [1.29, 1.82) is 0 Å². The zero-order chi connectivity index (χ0) is 27.9. The van der Waals surface area contributed by atoms with E-state index in [2.05, 4.69) is 64.2 Å². The van der Waals surface area contributed by atoms with E-state index in [-0.39, 0.29) is 6.09 Å². The van der Waals surface area contributed by atoms with Gasteiger partial charge in [-0.1, -0.05) is 48.5 Å². The Balaban J connectivity index is 1.38. The largest absolute Gasteiger partial charge is 0.444 e. The number of nitrogens with zero attached hydrogens (tertiary/aromatic N) is 4. The van der Waals surface area contributed by atoms with E-state index in [4.69, 9.17) is 15.5 Å². The van der Waals surface area contributed by atoms with E-state index in [1.807, 2.05) is 57.2 Å². The van der Waals surface area contributed by atoms with Crippen molar-refractivity contribution >= 4 is 28.5 Å². The highest BCUT2D eigenvalue weighted by Crippen LogP contribution is 2.35. The number of carbonyl (C=O) groups is 1. The van der Waals surface area contributed by atoms with Crippen molar-refractivity contribution in [3.8, 4) is 28.2 Å². The second-order valence-corrected chi connectivity index (χ2v) is 10.9. The molecule has 6 rings (SSSR count). The summed E-state index contributed by atoms with van der Waals surface area (Å²) in [7, 11) is 0. The second-order valence-electron chi connectivity index (χ2n) is 10.9. The van der Waals surface area contributed by atoms with Crippen molar-refractivity contribution in [3.05, 3.63) is 103 Å². The highest BCUT2D eigenvalue weighted by Gasteiger charge is 2.26. The third-order valence-corrected chi connectivity index (χ3v) is 6.90. The molecule has 7 heteroatoms. The fraction of sp³-hybridized carbons (Fsp3) is 0.182. The van der Waals surface area contributed by atoms with Gasteiger partial charge in [-0.15, -0.1) is 0 Å². The van der Waals surface area contributed by atoms with Gasteiger partial charge in [0.15, 0.2) is 0 Å². The number of rotatable bonds is 4. The van der Waals surface area contributed by atoms with E-state index in [0.29, 0.717) is 18.9 Å². The number of amides is 1. The maximum Gasteiger partial charge on any atom is 0.410 e. The van der Waals surface area contributed by atoms with Crippen LogP contribution >= 0.6 is 0 Å². The quantitative estimate of drug-likeness (QED) is 0.272. The molecule has 0 spiro atoms. The van der Waals surface area contributed by atoms with Gasteiger partial charge in [0.2, 0.25) is 0 Å². The Morgan fingerprint density at radius 2 is 1.70 bits per heavy atom. The first-order chi connectivity index (χ1) is 19.3. The lowest BCUT2D eigenvalue weighted by molar-refractivity contribution is 0.0306. The highest BCUT2D eigenvalue weighted by atomic mass is 16.6. The third-order valence-electron chi connectivity index (χ3n) is 6.90. The van der Waals surface area contributed by atoms with Crippen molar-refractivity contribution in [1.82, 2.24) is 19.4 Å². The van der Waals surface area contributed by atoms with Crippen LogP contribution in [0.15, 0.2) is 97.2 Å². The van der Waals surface area contributed by atoms with Gasteiger partial charge in [-0.2, -0.15) is 0 Å². The Labute approximate surface area is 233 Å². The molecular weight excluding hydrogens is 498 g/mol. The van der Waals surface area contributed by atoms with Crippen LogP contribution in [0.3, 0.4) is 0 Å². The van der Waals surface area contributed by atoms with Crippen LogP contribution in [0, 0.1) is 0 Å². The minimum absolute atomic E-state index is 0.298. The molecule has 0 atom stereocenters. The second kappa shape index (κ2) is 10.0. The number of aromatic nitrogens is 3. The van der Waals surface area contributed by atoms with Crippen LogP contribution in [0.2, 0.25) is 0 Å². The molecule has 0 fully saturated rings. The van der Waals surface area contributed by atoms with Crippen molar-refractivity contribution in [3.63, 3.8) is 0 Å². The van der Waals surface area contributed by atoms with Crippen LogP contribution in [-0.2, 0) is 4.74 Å². The molecular formula is C33H31N5O2. The van der Waals surface area contributed by atoms with Crippen LogP contribution in [0.5, 0.6) is 0 Å².